The molecule has 4 aromatic rings. The number of methoxy groups -OCH3 is 1. The first-order valence-electron chi connectivity index (χ1n) is 12.2. The van der Waals surface area contributed by atoms with Gasteiger partial charge in [-0.25, -0.2) is 0 Å². The van der Waals surface area contributed by atoms with E-state index >= 15 is 0 Å². The van der Waals surface area contributed by atoms with E-state index in [2.05, 4.69) is 104 Å². The van der Waals surface area contributed by atoms with E-state index in [1.54, 1.807) is 7.11 Å². The van der Waals surface area contributed by atoms with Gasteiger partial charge in [0, 0.05) is 48.2 Å². The first-order valence-corrected chi connectivity index (χ1v) is 12.2. The molecule has 1 aromatic heterocycles. The van der Waals surface area contributed by atoms with Crippen molar-refractivity contribution in [3.63, 3.8) is 0 Å². The summed E-state index contributed by atoms with van der Waals surface area (Å²) in [5.74, 6) is 1.53. The lowest BCUT2D eigenvalue weighted by Crippen LogP contribution is -2.39. The maximum Gasteiger partial charge on any atom is 0.162 e. The monoisotopic (exact) mass is 456 g/mol. The predicted octanol–water partition coefficient (Wildman–Crippen LogP) is 6.73. The molecular formula is C30H36N2O2. The summed E-state index contributed by atoms with van der Waals surface area (Å²) in [5, 5.41) is 2.45. The van der Waals surface area contributed by atoms with Gasteiger partial charge in [-0.1, -0.05) is 42.5 Å². The normalized spacial score (nSPS) is 11.6. The maximum absolute atomic E-state index is 6.11. The Balaban J connectivity index is 1.49. The molecule has 0 radical (unpaired) electrons. The molecule has 4 nitrogen and oxygen atoms in total. The van der Waals surface area contributed by atoms with Crippen molar-refractivity contribution in [2.75, 3.05) is 20.3 Å². The molecule has 0 fully saturated rings. The quantitative estimate of drug-likeness (QED) is 0.265. The van der Waals surface area contributed by atoms with Gasteiger partial charge in [0.15, 0.2) is 11.5 Å². The molecule has 0 spiro atoms. The predicted molar refractivity (Wildman–Crippen MR) is 142 cm³/mol. The van der Waals surface area contributed by atoms with E-state index in [9.17, 15) is 0 Å². The third-order valence-electron chi connectivity index (χ3n) is 6.34. The SMILES string of the molecule is COc1cc(-n2cc3ccc(Cc4ccccc4)cc3c2)ccc1OCCN(C(C)C)C(C)C. The lowest BCUT2D eigenvalue weighted by Gasteiger charge is -2.30. The van der Waals surface area contributed by atoms with Crippen LogP contribution in [-0.2, 0) is 6.42 Å². The summed E-state index contributed by atoms with van der Waals surface area (Å²) in [6, 6.07) is 24.4. The van der Waals surface area contributed by atoms with Crippen LogP contribution in [0.1, 0.15) is 38.8 Å². The molecule has 4 rings (SSSR count). The van der Waals surface area contributed by atoms with E-state index in [0.29, 0.717) is 18.7 Å². The zero-order valence-electron chi connectivity index (χ0n) is 21.0. The van der Waals surface area contributed by atoms with Gasteiger partial charge in [0.05, 0.1) is 7.11 Å². The summed E-state index contributed by atoms with van der Waals surface area (Å²) in [4.78, 5) is 2.43. The van der Waals surface area contributed by atoms with Crippen molar-refractivity contribution in [2.24, 2.45) is 0 Å². The molecule has 0 saturated carbocycles. The minimum absolute atomic E-state index is 0.490. The molecule has 0 saturated heterocycles. The number of ether oxygens (including phenoxy) is 2. The van der Waals surface area contributed by atoms with Gasteiger partial charge < -0.3 is 14.0 Å². The van der Waals surface area contributed by atoms with Gasteiger partial charge in [-0.05, 0) is 68.8 Å². The molecule has 0 unspecified atom stereocenters. The minimum Gasteiger partial charge on any atom is -0.493 e. The van der Waals surface area contributed by atoms with Gasteiger partial charge >= 0.3 is 0 Å². The number of nitrogens with zero attached hydrogens (tertiary/aromatic N) is 2. The lowest BCUT2D eigenvalue weighted by atomic mass is 10.0. The summed E-state index contributed by atoms with van der Waals surface area (Å²) in [5.41, 5.74) is 3.69. The van der Waals surface area contributed by atoms with Crippen LogP contribution in [0.5, 0.6) is 11.5 Å². The summed E-state index contributed by atoms with van der Waals surface area (Å²) >= 11 is 0. The summed E-state index contributed by atoms with van der Waals surface area (Å²) < 4.78 is 13.9. The van der Waals surface area contributed by atoms with Crippen LogP contribution < -0.4 is 9.47 Å². The number of hydrogen-bond donors (Lipinski definition) is 0. The first-order chi connectivity index (χ1) is 16.4. The van der Waals surface area contributed by atoms with Gasteiger partial charge in [0.2, 0.25) is 0 Å². The average molecular weight is 457 g/mol. The molecule has 0 atom stereocenters. The minimum atomic E-state index is 0.490. The smallest absolute Gasteiger partial charge is 0.162 e. The van der Waals surface area contributed by atoms with Gasteiger partial charge in [0.1, 0.15) is 6.61 Å². The highest BCUT2D eigenvalue weighted by molar-refractivity contribution is 5.84. The van der Waals surface area contributed by atoms with Crippen molar-refractivity contribution in [1.82, 2.24) is 9.47 Å². The van der Waals surface area contributed by atoms with Crippen LogP contribution in [0.25, 0.3) is 16.5 Å². The molecule has 3 aromatic carbocycles. The zero-order chi connectivity index (χ0) is 24.1. The van der Waals surface area contributed by atoms with Crippen molar-refractivity contribution >= 4 is 10.8 Å². The number of fused-ring (bicyclic) bond motifs is 1. The number of rotatable bonds is 10. The first kappa shape index (κ1) is 23.9. The molecule has 1 heterocycles. The third-order valence-corrected chi connectivity index (χ3v) is 6.34. The molecule has 0 aliphatic heterocycles. The maximum atomic E-state index is 6.11. The zero-order valence-corrected chi connectivity index (χ0v) is 21.0. The Hall–Kier alpha value is -3.24. The van der Waals surface area contributed by atoms with Gasteiger partial charge in [-0.2, -0.15) is 0 Å². The van der Waals surface area contributed by atoms with Crippen molar-refractivity contribution in [3.8, 4) is 17.2 Å². The van der Waals surface area contributed by atoms with Gasteiger partial charge in [-0.3, -0.25) is 4.90 Å². The summed E-state index contributed by atoms with van der Waals surface area (Å²) in [7, 11) is 1.70. The molecule has 178 valence electrons. The Morgan fingerprint density at radius 1 is 0.765 bits per heavy atom. The highest BCUT2D eigenvalue weighted by Crippen LogP contribution is 2.31. The van der Waals surface area contributed by atoms with E-state index < -0.39 is 0 Å². The Labute approximate surface area is 203 Å². The largest absolute Gasteiger partial charge is 0.493 e. The second kappa shape index (κ2) is 10.8. The molecule has 0 N–H and O–H groups in total. The van der Waals surface area contributed by atoms with Crippen molar-refractivity contribution in [2.45, 2.75) is 46.2 Å². The molecule has 34 heavy (non-hydrogen) atoms. The molecule has 4 heteroatoms. The number of benzene rings is 3. The van der Waals surface area contributed by atoms with Crippen LogP contribution in [-0.4, -0.2) is 41.8 Å². The number of hydrogen-bond acceptors (Lipinski definition) is 3. The van der Waals surface area contributed by atoms with Crippen molar-refractivity contribution in [3.05, 3.63) is 90.3 Å². The Bertz CT molecular complexity index is 1200. The van der Waals surface area contributed by atoms with Crippen molar-refractivity contribution < 1.29 is 9.47 Å². The van der Waals surface area contributed by atoms with Crippen LogP contribution in [0.2, 0.25) is 0 Å². The van der Waals surface area contributed by atoms with E-state index in [-0.39, 0.29) is 0 Å². The van der Waals surface area contributed by atoms with Crippen LogP contribution >= 0.6 is 0 Å². The second-order valence-corrected chi connectivity index (χ2v) is 9.40. The Morgan fingerprint density at radius 2 is 1.50 bits per heavy atom. The van der Waals surface area contributed by atoms with Crippen LogP contribution in [0.15, 0.2) is 79.1 Å². The van der Waals surface area contributed by atoms with Crippen LogP contribution in [0.3, 0.4) is 0 Å². The molecule has 0 amide bonds. The van der Waals surface area contributed by atoms with E-state index in [4.69, 9.17) is 9.47 Å². The fourth-order valence-corrected chi connectivity index (χ4v) is 4.59. The van der Waals surface area contributed by atoms with Crippen LogP contribution in [0, 0.1) is 0 Å². The van der Waals surface area contributed by atoms with Crippen molar-refractivity contribution in [1.29, 1.82) is 0 Å². The lowest BCUT2D eigenvalue weighted by molar-refractivity contribution is 0.140. The Kier molecular flexibility index (Phi) is 7.59. The Morgan fingerprint density at radius 3 is 2.21 bits per heavy atom. The molecule has 0 aliphatic rings. The van der Waals surface area contributed by atoms with Gasteiger partial charge in [-0.15, -0.1) is 0 Å². The van der Waals surface area contributed by atoms with Crippen LogP contribution in [0.4, 0.5) is 0 Å². The highest BCUT2D eigenvalue weighted by Gasteiger charge is 2.14. The van der Waals surface area contributed by atoms with E-state index in [0.717, 1.165) is 30.2 Å². The summed E-state index contributed by atoms with van der Waals surface area (Å²) in [6.07, 6.45) is 5.29. The average Bonchev–Trinajstić information content (AvgIpc) is 3.25. The van der Waals surface area contributed by atoms with E-state index in [1.807, 2.05) is 12.1 Å². The third kappa shape index (κ3) is 5.63. The number of aromatic nitrogens is 1. The highest BCUT2D eigenvalue weighted by atomic mass is 16.5. The fourth-order valence-electron chi connectivity index (χ4n) is 4.59. The summed E-state index contributed by atoms with van der Waals surface area (Å²) in [6.45, 7) is 10.4. The molecule has 0 bridgehead atoms. The fraction of sp³-hybridized carbons (Fsp3) is 0.333. The van der Waals surface area contributed by atoms with E-state index in [1.165, 1.54) is 21.9 Å². The molecular weight excluding hydrogens is 420 g/mol. The second-order valence-electron chi connectivity index (χ2n) is 9.40. The molecule has 0 aliphatic carbocycles. The standard InChI is InChI=1S/C30H36N2O2/c1-22(2)32(23(3)4)15-16-34-29-14-13-28(19-30(29)33-5)31-20-26-12-11-25(18-27(26)21-31)17-24-9-7-6-8-10-24/h6-14,18-23H,15-17H2,1-5H3. The van der Waals surface area contributed by atoms with Gasteiger partial charge in [0.25, 0.3) is 0 Å². The topological polar surface area (TPSA) is 26.6 Å².